The number of hydrogen-bond acceptors (Lipinski definition) is 5. The summed E-state index contributed by atoms with van der Waals surface area (Å²) in [6.45, 7) is 11.4. The number of rotatable bonds is 4. The molecular weight excluding hydrogens is 252 g/mol. The van der Waals surface area contributed by atoms with Crippen LogP contribution in [0.1, 0.15) is 65.8 Å². The lowest BCUT2D eigenvalue weighted by Gasteiger charge is -2.44. The first kappa shape index (κ1) is 15.3. The third-order valence-corrected chi connectivity index (χ3v) is 4.13. The average molecular weight is 280 g/mol. The number of anilines is 1. The fourth-order valence-corrected chi connectivity index (χ4v) is 3.71. The van der Waals surface area contributed by atoms with Crippen LogP contribution in [0.3, 0.4) is 0 Å². The minimum atomic E-state index is 0.0808. The lowest BCUT2D eigenvalue weighted by molar-refractivity contribution is 0.104. The Bertz CT molecular complexity index is 436. The Morgan fingerprint density at radius 3 is 2.30 bits per heavy atom. The smallest absolute Gasteiger partial charge is 0.315 e. The number of aromatic nitrogens is 2. The highest BCUT2D eigenvalue weighted by Crippen LogP contribution is 2.46. The molecule has 0 amide bonds. The van der Waals surface area contributed by atoms with Crippen molar-refractivity contribution in [1.29, 1.82) is 0 Å². The molecule has 0 radical (unpaired) electrons. The summed E-state index contributed by atoms with van der Waals surface area (Å²) < 4.78 is 5.68. The Labute approximate surface area is 121 Å². The fourth-order valence-electron chi connectivity index (χ4n) is 3.71. The van der Waals surface area contributed by atoms with E-state index in [1.54, 1.807) is 0 Å². The van der Waals surface area contributed by atoms with Crippen molar-refractivity contribution < 1.29 is 4.42 Å². The molecule has 1 unspecified atom stereocenters. The van der Waals surface area contributed by atoms with E-state index < -0.39 is 0 Å². The first-order valence-electron chi connectivity index (χ1n) is 7.48. The molecule has 0 spiro atoms. The van der Waals surface area contributed by atoms with Crippen LogP contribution in [0, 0.1) is 10.8 Å². The van der Waals surface area contributed by atoms with Crippen molar-refractivity contribution in [2.24, 2.45) is 10.8 Å². The molecule has 0 bridgehead atoms. The summed E-state index contributed by atoms with van der Waals surface area (Å²) >= 11 is 0. The third kappa shape index (κ3) is 3.72. The van der Waals surface area contributed by atoms with Gasteiger partial charge in [-0.05, 0) is 44.1 Å². The van der Waals surface area contributed by atoms with E-state index in [1.165, 1.54) is 6.42 Å². The van der Waals surface area contributed by atoms with Crippen LogP contribution in [0.25, 0.3) is 0 Å². The van der Waals surface area contributed by atoms with Crippen LogP contribution in [0.4, 0.5) is 6.01 Å². The Morgan fingerprint density at radius 2 is 1.75 bits per heavy atom. The van der Waals surface area contributed by atoms with Crippen molar-refractivity contribution in [2.75, 3.05) is 12.4 Å². The van der Waals surface area contributed by atoms with Gasteiger partial charge in [0.1, 0.15) is 0 Å². The predicted octanol–water partition coefficient (Wildman–Crippen LogP) is 3.37. The molecule has 5 nitrogen and oxygen atoms in total. The van der Waals surface area contributed by atoms with Gasteiger partial charge in [0.2, 0.25) is 5.89 Å². The molecule has 0 saturated heterocycles. The molecule has 2 rings (SSSR count). The second-order valence-electron chi connectivity index (χ2n) is 7.71. The monoisotopic (exact) mass is 280 g/mol. The van der Waals surface area contributed by atoms with Crippen LogP contribution in [-0.2, 0) is 0 Å². The highest BCUT2D eigenvalue weighted by molar-refractivity contribution is 5.21. The van der Waals surface area contributed by atoms with Gasteiger partial charge in [-0.2, -0.15) is 0 Å². The Hall–Kier alpha value is -1.10. The minimum absolute atomic E-state index is 0.0808. The van der Waals surface area contributed by atoms with Crippen LogP contribution in [-0.4, -0.2) is 23.3 Å². The number of hydrogen-bond donors (Lipinski definition) is 2. The topological polar surface area (TPSA) is 63.0 Å². The maximum absolute atomic E-state index is 5.68. The van der Waals surface area contributed by atoms with Crippen LogP contribution < -0.4 is 10.6 Å². The Balaban J connectivity index is 2.04. The van der Waals surface area contributed by atoms with E-state index in [0.29, 0.717) is 28.8 Å². The zero-order valence-corrected chi connectivity index (χ0v) is 13.6. The maximum atomic E-state index is 5.68. The predicted molar refractivity (Wildman–Crippen MR) is 80.6 cm³/mol. The minimum Gasteiger partial charge on any atom is -0.406 e. The van der Waals surface area contributed by atoms with Crippen LogP contribution in [0.2, 0.25) is 0 Å². The highest BCUT2D eigenvalue weighted by atomic mass is 16.4. The van der Waals surface area contributed by atoms with Crippen molar-refractivity contribution in [2.45, 2.75) is 66.0 Å². The first-order valence-corrected chi connectivity index (χ1v) is 7.48. The molecule has 1 aromatic heterocycles. The molecule has 1 saturated carbocycles. The molecule has 5 heteroatoms. The van der Waals surface area contributed by atoms with E-state index in [4.69, 9.17) is 4.42 Å². The second kappa shape index (κ2) is 5.35. The molecule has 1 heterocycles. The lowest BCUT2D eigenvalue weighted by Crippen LogP contribution is -2.40. The molecule has 1 atom stereocenters. The van der Waals surface area contributed by atoms with Gasteiger partial charge in [-0.1, -0.05) is 32.8 Å². The molecule has 114 valence electrons. The highest BCUT2D eigenvalue weighted by Gasteiger charge is 2.38. The molecule has 1 aliphatic carbocycles. The van der Waals surface area contributed by atoms with Crippen LogP contribution >= 0.6 is 0 Å². The summed E-state index contributed by atoms with van der Waals surface area (Å²) in [7, 11) is 1.88. The quantitative estimate of drug-likeness (QED) is 0.885. The van der Waals surface area contributed by atoms with Gasteiger partial charge < -0.3 is 15.1 Å². The van der Waals surface area contributed by atoms with E-state index in [-0.39, 0.29) is 6.04 Å². The van der Waals surface area contributed by atoms with Gasteiger partial charge in [-0.3, -0.25) is 0 Å². The summed E-state index contributed by atoms with van der Waals surface area (Å²) in [5.74, 6) is 0.629. The summed E-state index contributed by atoms with van der Waals surface area (Å²) in [5.41, 5.74) is 0.696. The first-order chi connectivity index (χ1) is 9.21. The summed E-state index contributed by atoms with van der Waals surface area (Å²) in [6, 6.07) is 1.02. The zero-order valence-electron chi connectivity index (χ0n) is 13.6. The summed E-state index contributed by atoms with van der Waals surface area (Å²) in [4.78, 5) is 0. The van der Waals surface area contributed by atoms with E-state index >= 15 is 0 Å². The van der Waals surface area contributed by atoms with Crippen molar-refractivity contribution in [3.63, 3.8) is 0 Å². The van der Waals surface area contributed by atoms with Crippen molar-refractivity contribution in [3.8, 4) is 0 Å². The lowest BCUT2D eigenvalue weighted by atomic mass is 9.63. The maximum Gasteiger partial charge on any atom is 0.315 e. The molecule has 1 aliphatic rings. The summed E-state index contributed by atoms with van der Waals surface area (Å²) in [5, 5.41) is 14.7. The van der Waals surface area contributed by atoms with E-state index in [9.17, 15) is 0 Å². The van der Waals surface area contributed by atoms with Crippen molar-refractivity contribution >= 4 is 6.01 Å². The molecule has 0 aliphatic heterocycles. The Kier molecular flexibility index (Phi) is 4.09. The second-order valence-corrected chi connectivity index (χ2v) is 7.71. The fraction of sp³-hybridized carbons (Fsp3) is 0.867. The molecule has 2 N–H and O–H groups in total. The molecule has 1 fully saturated rings. The van der Waals surface area contributed by atoms with Crippen LogP contribution in [0.15, 0.2) is 4.42 Å². The van der Waals surface area contributed by atoms with E-state index in [0.717, 1.165) is 12.8 Å². The van der Waals surface area contributed by atoms with Gasteiger partial charge in [-0.15, -0.1) is 5.10 Å². The van der Waals surface area contributed by atoms with Gasteiger partial charge in [0.15, 0.2) is 0 Å². The standard InChI is InChI=1S/C15H28N4O/c1-10(16-6)12-18-19-13(20-12)17-11-7-14(2,3)9-15(4,5)8-11/h10-11,16H,7-9H2,1-6H3,(H,17,19). The van der Waals surface area contributed by atoms with Crippen molar-refractivity contribution in [3.05, 3.63) is 5.89 Å². The molecule has 1 aromatic rings. The van der Waals surface area contributed by atoms with Gasteiger partial charge in [0.25, 0.3) is 0 Å². The van der Waals surface area contributed by atoms with E-state index in [1.807, 2.05) is 14.0 Å². The normalized spacial score (nSPS) is 23.5. The zero-order chi connectivity index (χ0) is 15.0. The SMILES string of the molecule is CNC(C)c1nnc(NC2CC(C)(C)CC(C)(C)C2)o1. The number of nitrogens with zero attached hydrogens (tertiary/aromatic N) is 2. The average Bonchev–Trinajstić information content (AvgIpc) is 2.72. The largest absolute Gasteiger partial charge is 0.406 e. The molecule has 0 aromatic carbocycles. The molecule has 20 heavy (non-hydrogen) atoms. The van der Waals surface area contributed by atoms with Gasteiger partial charge in [0, 0.05) is 6.04 Å². The number of nitrogens with one attached hydrogen (secondary N) is 2. The van der Waals surface area contributed by atoms with Gasteiger partial charge >= 0.3 is 6.01 Å². The van der Waals surface area contributed by atoms with Crippen molar-refractivity contribution in [1.82, 2.24) is 15.5 Å². The Morgan fingerprint density at radius 1 is 1.15 bits per heavy atom. The van der Waals surface area contributed by atoms with Crippen LogP contribution in [0.5, 0.6) is 0 Å². The molecular formula is C15H28N4O. The summed E-state index contributed by atoms with van der Waals surface area (Å²) in [6.07, 6.45) is 3.52. The van der Waals surface area contributed by atoms with Gasteiger partial charge in [-0.25, -0.2) is 0 Å². The van der Waals surface area contributed by atoms with Gasteiger partial charge in [0.05, 0.1) is 6.04 Å². The van der Waals surface area contributed by atoms with E-state index in [2.05, 4.69) is 48.5 Å². The third-order valence-electron chi connectivity index (χ3n) is 4.13.